The molecule has 98 valence electrons. The molecule has 0 aromatic carbocycles. The summed E-state index contributed by atoms with van der Waals surface area (Å²) < 4.78 is 0. The second-order valence-corrected chi connectivity index (χ2v) is 4.29. The van der Waals surface area contributed by atoms with E-state index in [-0.39, 0.29) is 37.4 Å². The normalized spacial score (nSPS) is 27.7. The highest BCUT2D eigenvalue weighted by molar-refractivity contribution is 6.39. The van der Waals surface area contributed by atoms with Crippen molar-refractivity contribution < 1.29 is 24.6 Å². The lowest BCUT2D eigenvalue weighted by Gasteiger charge is -2.22. The molecule has 2 aliphatic rings. The summed E-state index contributed by atoms with van der Waals surface area (Å²) in [5.41, 5.74) is 2.30. The number of β-amino-alcohol motifs (C(OH)–C–C–N with tert-alkyl or cyclic N) is 1. The number of nitrogens with zero attached hydrogens (tertiary/aromatic N) is 2. The summed E-state index contributed by atoms with van der Waals surface area (Å²) >= 11 is 0. The van der Waals surface area contributed by atoms with Gasteiger partial charge in [-0.25, -0.2) is 10.2 Å². The van der Waals surface area contributed by atoms with Gasteiger partial charge in [0.15, 0.2) is 0 Å². The molecule has 0 aliphatic carbocycles. The van der Waals surface area contributed by atoms with E-state index in [1.807, 2.05) is 0 Å². The van der Waals surface area contributed by atoms with Crippen molar-refractivity contribution >= 4 is 23.5 Å². The first-order valence-electron chi connectivity index (χ1n) is 5.56. The Labute approximate surface area is 102 Å². The molecule has 8 heteroatoms. The quantitative estimate of drug-likeness (QED) is 0.543. The van der Waals surface area contributed by atoms with Gasteiger partial charge in [-0.05, 0) is 0 Å². The number of hydrogen-bond acceptors (Lipinski definition) is 5. The summed E-state index contributed by atoms with van der Waals surface area (Å²) in [4.78, 5) is 35.0. The van der Waals surface area contributed by atoms with Gasteiger partial charge in [-0.15, -0.1) is 0 Å². The molecule has 2 atom stereocenters. The van der Waals surface area contributed by atoms with Crippen LogP contribution in [-0.4, -0.2) is 57.3 Å². The monoisotopic (exact) mass is 255 g/mol. The van der Waals surface area contributed by atoms with Crippen LogP contribution in [0, 0.1) is 0 Å². The molecular formula is C10H13N3O5. The van der Waals surface area contributed by atoms with Gasteiger partial charge in [0.25, 0.3) is 5.91 Å². The Kier molecular flexibility index (Phi) is 3.28. The molecule has 0 aromatic rings. The van der Waals surface area contributed by atoms with Crippen molar-refractivity contribution in [2.24, 2.45) is 5.10 Å². The SMILES string of the molecule is O=C1CCC(C(=O)N2CC(O)C[C@H]2C(=O)O)=NN1. The number of carbonyl (C=O) groups excluding carboxylic acids is 2. The Bertz CT molecular complexity index is 433. The minimum atomic E-state index is -1.15. The molecule has 2 heterocycles. The van der Waals surface area contributed by atoms with Crippen molar-refractivity contribution in [2.75, 3.05) is 6.54 Å². The zero-order valence-electron chi connectivity index (χ0n) is 9.50. The number of hydrogen-bond donors (Lipinski definition) is 3. The molecule has 0 bridgehead atoms. The van der Waals surface area contributed by atoms with Crippen molar-refractivity contribution in [3.05, 3.63) is 0 Å². The number of carboxylic acid groups (broad SMARTS) is 1. The molecule has 8 nitrogen and oxygen atoms in total. The van der Waals surface area contributed by atoms with E-state index in [9.17, 15) is 19.5 Å². The van der Waals surface area contributed by atoms with Gasteiger partial charge in [0.1, 0.15) is 11.8 Å². The van der Waals surface area contributed by atoms with Gasteiger partial charge in [-0.3, -0.25) is 9.59 Å². The van der Waals surface area contributed by atoms with E-state index in [2.05, 4.69) is 10.5 Å². The number of aliphatic hydroxyl groups excluding tert-OH is 1. The van der Waals surface area contributed by atoms with Gasteiger partial charge < -0.3 is 15.1 Å². The fraction of sp³-hybridized carbons (Fsp3) is 0.600. The highest BCUT2D eigenvalue weighted by atomic mass is 16.4. The zero-order chi connectivity index (χ0) is 13.3. The lowest BCUT2D eigenvalue weighted by molar-refractivity contribution is -0.146. The van der Waals surface area contributed by atoms with Crippen LogP contribution in [0.3, 0.4) is 0 Å². The van der Waals surface area contributed by atoms with E-state index >= 15 is 0 Å². The topological polar surface area (TPSA) is 119 Å². The Balaban J connectivity index is 2.13. The van der Waals surface area contributed by atoms with Crippen molar-refractivity contribution in [1.29, 1.82) is 0 Å². The summed E-state index contributed by atoms with van der Waals surface area (Å²) in [6.45, 7) is -0.0250. The summed E-state index contributed by atoms with van der Waals surface area (Å²) in [5, 5.41) is 22.0. The highest BCUT2D eigenvalue weighted by Gasteiger charge is 2.40. The first kappa shape index (κ1) is 12.5. The molecule has 0 radical (unpaired) electrons. The largest absolute Gasteiger partial charge is 0.480 e. The van der Waals surface area contributed by atoms with Crippen LogP contribution >= 0.6 is 0 Å². The maximum absolute atomic E-state index is 12.0. The van der Waals surface area contributed by atoms with Gasteiger partial charge in [-0.1, -0.05) is 0 Å². The first-order valence-corrected chi connectivity index (χ1v) is 5.56. The van der Waals surface area contributed by atoms with E-state index in [0.717, 1.165) is 4.90 Å². The molecule has 2 aliphatic heterocycles. The van der Waals surface area contributed by atoms with Gasteiger partial charge in [0.2, 0.25) is 5.91 Å². The number of rotatable bonds is 2. The van der Waals surface area contributed by atoms with Gasteiger partial charge >= 0.3 is 5.97 Å². The molecule has 18 heavy (non-hydrogen) atoms. The number of hydrazone groups is 1. The Hall–Kier alpha value is -1.96. The maximum atomic E-state index is 12.0. The predicted octanol–water partition coefficient (Wildman–Crippen LogP) is -1.70. The van der Waals surface area contributed by atoms with Crippen LogP contribution in [0.2, 0.25) is 0 Å². The number of aliphatic hydroxyl groups is 1. The second-order valence-electron chi connectivity index (χ2n) is 4.29. The third kappa shape index (κ3) is 2.33. The predicted molar refractivity (Wildman–Crippen MR) is 58.6 cm³/mol. The number of nitrogens with one attached hydrogen (secondary N) is 1. The highest BCUT2D eigenvalue weighted by Crippen LogP contribution is 2.19. The second kappa shape index (κ2) is 4.73. The molecule has 1 saturated heterocycles. The first-order chi connectivity index (χ1) is 8.49. The number of likely N-dealkylation sites (tertiary alicyclic amines) is 1. The van der Waals surface area contributed by atoms with Gasteiger partial charge in [0, 0.05) is 25.8 Å². The molecule has 2 amide bonds. The zero-order valence-corrected chi connectivity index (χ0v) is 9.50. The third-order valence-corrected chi connectivity index (χ3v) is 2.98. The van der Waals surface area contributed by atoms with Crippen molar-refractivity contribution in [3.8, 4) is 0 Å². The summed E-state index contributed by atoms with van der Waals surface area (Å²) in [6, 6.07) is -1.03. The summed E-state index contributed by atoms with van der Waals surface area (Å²) in [6.07, 6.45) is -0.489. The molecule has 0 aromatic heterocycles. The number of carboxylic acids is 1. The molecular weight excluding hydrogens is 242 g/mol. The van der Waals surface area contributed by atoms with Crippen LogP contribution in [0.4, 0.5) is 0 Å². The lowest BCUT2D eigenvalue weighted by atomic mass is 10.1. The van der Waals surface area contributed by atoms with E-state index in [1.54, 1.807) is 0 Å². The van der Waals surface area contributed by atoms with Crippen molar-refractivity contribution in [2.45, 2.75) is 31.4 Å². The van der Waals surface area contributed by atoms with Crippen molar-refractivity contribution in [3.63, 3.8) is 0 Å². The van der Waals surface area contributed by atoms with Gasteiger partial charge in [0.05, 0.1) is 6.10 Å². The smallest absolute Gasteiger partial charge is 0.326 e. The minimum absolute atomic E-state index is 0.0146. The van der Waals surface area contributed by atoms with Crippen LogP contribution in [0.5, 0.6) is 0 Å². The van der Waals surface area contributed by atoms with Crippen LogP contribution in [0.1, 0.15) is 19.3 Å². The standard InChI is InChI=1S/C10H13N3O5/c14-5-3-7(10(17)18)13(4-5)9(16)6-1-2-8(15)12-11-6/h5,7,14H,1-4H2,(H,12,15)(H,17,18)/t5?,7-/m0/s1. The van der Waals surface area contributed by atoms with Crippen LogP contribution < -0.4 is 5.43 Å². The summed E-state index contributed by atoms with van der Waals surface area (Å²) in [7, 11) is 0. The summed E-state index contributed by atoms with van der Waals surface area (Å²) in [5.74, 6) is -1.97. The number of carbonyl (C=O) groups is 3. The van der Waals surface area contributed by atoms with E-state index in [0.29, 0.717) is 0 Å². The van der Waals surface area contributed by atoms with E-state index < -0.39 is 24.0 Å². The number of amides is 2. The Morgan fingerprint density at radius 1 is 1.39 bits per heavy atom. The average molecular weight is 255 g/mol. The van der Waals surface area contributed by atoms with Crippen LogP contribution in [0.15, 0.2) is 5.10 Å². The van der Waals surface area contributed by atoms with Crippen LogP contribution in [0.25, 0.3) is 0 Å². The fourth-order valence-corrected chi connectivity index (χ4v) is 2.07. The molecule has 0 saturated carbocycles. The van der Waals surface area contributed by atoms with Gasteiger partial charge in [-0.2, -0.15) is 5.10 Å². The molecule has 3 N–H and O–H groups in total. The minimum Gasteiger partial charge on any atom is -0.480 e. The molecule has 1 fully saturated rings. The molecule has 0 spiro atoms. The average Bonchev–Trinajstić information content (AvgIpc) is 2.71. The van der Waals surface area contributed by atoms with E-state index in [1.165, 1.54) is 0 Å². The maximum Gasteiger partial charge on any atom is 0.326 e. The Morgan fingerprint density at radius 2 is 2.11 bits per heavy atom. The fourth-order valence-electron chi connectivity index (χ4n) is 2.07. The Morgan fingerprint density at radius 3 is 2.67 bits per heavy atom. The molecule has 2 rings (SSSR count). The molecule has 1 unspecified atom stereocenters. The van der Waals surface area contributed by atoms with E-state index in [4.69, 9.17) is 5.11 Å². The number of aliphatic carboxylic acids is 1. The van der Waals surface area contributed by atoms with Crippen LogP contribution in [-0.2, 0) is 14.4 Å². The van der Waals surface area contributed by atoms with Crippen molar-refractivity contribution in [1.82, 2.24) is 10.3 Å². The third-order valence-electron chi connectivity index (χ3n) is 2.98. The lowest BCUT2D eigenvalue weighted by Crippen LogP contribution is -2.45.